The smallest absolute Gasteiger partial charge is 0.229 e. The molecule has 0 saturated heterocycles. The molecule has 21 heavy (non-hydrogen) atoms. The van der Waals surface area contributed by atoms with Gasteiger partial charge in [0.15, 0.2) is 0 Å². The largest absolute Gasteiger partial charge is 0.326 e. The minimum absolute atomic E-state index is 0.0802. The standard InChI is InChI=1S/C13H20ClN3O3S/c1-4-15-9(2)7-13(18)16-10-5-6-12(11(14)8-10)17-21(3,19)20/h5-6,8-9,15,17H,4,7H2,1-3H3,(H,16,18). The van der Waals surface area contributed by atoms with Gasteiger partial charge in [-0.15, -0.1) is 0 Å². The first-order valence-electron chi connectivity index (χ1n) is 6.52. The summed E-state index contributed by atoms with van der Waals surface area (Å²) in [5, 5.41) is 6.09. The summed E-state index contributed by atoms with van der Waals surface area (Å²) < 4.78 is 24.6. The second-order valence-electron chi connectivity index (χ2n) is 4.78. The summed E-state index contributed by atoms with van der Waals surface area (Å²) in [6, 6.07) is 4.68. The Balaban J connectivity index is 2.69. The van der Waals surface area contributed by atoms with E-state index >= 15 is 0 Å². The summed E-state index contributed by atoms with van der Waals surface area (Å²) in [5.41, 5.74) is 0.797. The Morgan fingerprint density at radius 3 is 2.57 bits per heavy atom. The maximum atomic E-state index is 11.8. The lowest BCUT2D eigenvalue weighted by molar-refractivity contribution is -0.116. The average Bonchev–Trinajstić information content (AvgIpc) is 2.31. The van der Waals surface area contributed by atoms with Gasteiger partial charge in [-0.1, -0.05) is 18.5 Å². The lowest BCUT2D eigenvalue weighted by Gasteiger charge is -2.13. The number of nitrogens with one attached hydrogen (secondary N) is 3. The van der Waals surface area contributed by atoms with E-state index in [2.05, 4.69) is 15.4 Å². The number of benzene rings is 1. The van der Waals surface area contributed by atoms with E-state index < -0.39 is 10.0 Å². The third-order valence-corrected chi connectivity index (χ3v) is 3.50. The molecule has 8 heteroatoms. The number of carbonyl (C=O) groups is 1. The van der Waals surface area contributed by atoms with E-state index in [0.29, 0.717) is 12.1 Å². The molecular formula is C13H20ClN3O3S. The van der Waals surface area contributed by atoms with Crippen LogP contribution in [-0.4, -0.2) is 33.2 Å². The lowest BCUT2D eigenvalue weighted by atomic mass is 10.2. The van der Waals surface area contributed by atoms with Crippen LogP contribution in [0.5, 0.6) is 0 Å². The Kier molecular flexibility index (Phi) is 6.44. The number of carbonyl (C=O) groups excluding carboxylic acids is 1. The van der Waals surface area contributed by atoms with Crippen molar-refractivity contribution in [3.8, 4) is 0 Å². The van der Waals surface area contributed by atoms with Gasteiger partial charge in [-0.05, 0) is 31.7 Å². The zero-order chi connectivity index (χ0) is 16.0. The molecular weight excluding hydrogens is 314 g/mol. The Morgan fingerprint density at radius 2 is 2.05 bits per heavy atom. The fourth-order valence-electron chi connectivity index (χ4n) is 1.79. The van der Waals surface area contributed by atoms with Gasteiger partial charge < -0.3 is 10.6 Å². The SMILES string of the molecule is CCNC(C)CC(=O)Nc1ccc(NS(C)(=O)=O)c(Cl)c1. The van der Waals surface area contributed by atoms with Gasteiger partial charge in [0.1, 0.15) is 0 Å². The number of anilines is 2. The summed E-state index contributed by atoms with van der Waals surface area (Å²) in [6.45, 7) is 4.70. The van der Waals surface area contributed by atoms with Crippen LogP contribution in [0.2, 0.25) is 5.02 Å². The molecule has 0 radical (unpaired) electrons. The Labute approximate surface area is 130 Å². The normalized spacial score (nSPS) is 12.8. The fourth-order valence-corrected chi connectivity index (χ4v) is 2.65. The monoisotopic (exact) mass is 333 g/mol. The molecule has 0 fully saturated rings. The van der Waals surface area contributed by atoms with E-state index in [1.54, 1.807) is 6.07 Å². The van der Waals surface area contributed by atoms with Crippen LogP contribution in [0.4, 0.5) is 11.4 Å². The number of hydrogen-bond donors (Lipinski definition) is 3. The zero-order valence-electron chi connectivity index (χ0n) is 12.2. The van der Waals surface area contributed by atoms with Gasteiger partial charge in [-0.3, -0.25) is 9.52 Å². The van der Waals surface area contributed by atoms with Crippen LogP contribution >= 0.6 is 11.6 Å². The molecule has 0 aromatic heterocycles. The van der Waals surface area contributed by atoms with Crippen LogP contribution in [0.1, 0.15) is 20.3 Å². The molecule has 118 valence electrons. The van der Waals surface area contributed by atoms with Crippen molar-refractivity contribution in [1.29, 1.82) is 0 Å². The molecule has 0 bridgehead atoms. The Bertz CT molecular complexity index is 605. The molecule has 1 aromatic carbocycles. The molecule has 0 saturated carbocycles. The van der Waals surface area contributed by atoms with E-state index in [1.165, 1.54) is 12.1 Å². The van der Waals surface area contributed by atoms with Gasteiger partial charge in [-0.25, -0.2) is 8.42 Å². The van der Waals surface area contributed by atoms with Gasteiger partial charge in [0.2, 0.25) is 15.9 Å². The molecule has 0 heterocycles. The molecule has 6 nitrogen and oxygen atoms in total. The highest BCUT2D eigenvalue weighted by atomic mass is 35.5. The molecule has 1 rings (SSSR count). The second-order valence-corrected chi connectivity index (χ2v) is 6.94. The number of hydrogen-bond acceptors (Lipinski definition) is 4. The van der Waals surface area contributed by atoms with E-state index in [-0.39, 0.29) is 22.7 Å². The van der Waals surface area contributed by atoms with Crippen LogP contribution < -0.4 is 15.4 Å². The Morgan fingerprint density at radius 1 is 1.38 bits per heavy atom. The molecule has 1 atom stereocenters. The highest BCUT2D eigenvalue weighted by Crippen LogP contribution is 2.26. The van der Waals surface area contributed by atoms with Crippen molar-refractivity contribution in [3.63, 3.8) is 0 Å². The van der Waals surface area contributed by atoms with Crippen molar-refractivity contribution < 1.29 is 13.2 Å². The third kappa shape index (κ3) is 6.79. The molecule has 0 aliphatic carbocycles. The summed E-state index contributed by atoms with van der Waals surface area (Å²) >= 11 is 5.98. The molecule has 1 unspecified atom stereocenters. The van der Waals surface area contributed by atoms with Gasteiger partial charge >= 0.3 is 0 Å². The topological polar surface area (TPSA) is 87.3 Å². The highest BCUT2D eigenvalue weighted by molar-refractivity contribution is 7.92. The van der Waals surface area contributed by atoms with E-state index in [1.807, 2.05) is 13.8 Å². The molecule has 0 spiro atoms. The van der Waals surface area contributed by atoms with Crippen molar-refractivity contribution in [2.75, 3.05) is 22.8 Å². The molecule has 0 aliphatic heterocycles. The second kappa shape index (κ2) is 7.63. The van der Waals surface area contributed by atoms with E-state index in [4.69, 9.17) is 11.6 Å². The van der Waals surface area contributed by atoms with Crippen molar-refractivity contribution in [2.45, 2.75) is 26.3 Å². The number of halogens is 1. The summed E-state index contributed by atoms with van der Waals surface area (Å²) in [6.07, 6.45) is 1.38. The zero-order valence-corrected chi connectivity index (χ0v) is 13.8. The average molecular weight is 334 g/mol. The quantitative estimate of drug-likeness (QED) is 0.712. The van der Waals surface area contributed by atoms with Crippen LogP contribution in [0.3, 0.4) is 0 Å². The van der Waals surface area contributed by atoms with Crippen LogP contribution in [-0.2, 0) is 14.8 Å². The van der Waals surface area contributed by atoms with E-state index in [9.17, 15) is 13.2 Å². The van der Waals surface area contributed by atoms with Crippen molar-refractivity contribution >= 4 is 38.9 Å². The van der Waals surface area contributed by atoms with Crippen LogP contribution in [0, 0.1) is 0 Å². The summed E-state index contributed by atoms with van der Waals surface area (Å²) in [5.74, 6) is -0.136. The first-order chi connectivity index (χ1) is 9.71. The summed E-state index contributed by atoms with van der Waals surface area (Å²) in [7, 11) is -3.39. The van der Waals surface area contributed by atoms with Crippen molar-refractivity contribution in [3.05, 3.63) is 23.2 Å². The number of rotatable bonds is 7. The maximum Gasteiger partial charge on any atom is 0.229 e. The first-order valence-corrected chi connectivity index (χ1v) is 8.78. The molecule has 1 amide bonds. The van der Waals surface area contributed by atoms with Crippen molar-refractivity contribution in [1.82, 2.24) is 5.32 Å². The number of amides is 1. The van der Waals surface area contributed by atoms with Gasteiger partial charge in [0.25, 0.3) is 0 Å². The molecule has 3 N–H and O–H groups in total. The fraction of sp³-hybridized carbons (Fsp3) is 0.462. The van der Waals surface area contributed by atoms with Gasteiger partial charge in [0.05, 0.1) is 17.0 Å². The minimum Gasteiger partial charge on any atom is -0.326 e. The van der Waals surface area contributed by atoms with Crippen LogP contribution in [0.25, 0.3) is 0 Å². The molecule has 1 aromatic rings. The predicted molar refractivity (Wildman–Crippen MR) is 86.3 cm³/mol. The van der Waals surface area contributed by atoms with E-state index in [0.717, 1.165) is 12.8 Å². The van der Waals surface area contributed by atoms with Crippen LogP contribution in [0.15, 0.2) is 18.2 Å². The number of sulfonamides is 1. The third-order valence-electron chi connectivity index (χ3n) is 2.59. The van der Waals surface area contributed by atoms with Crippen molar-refractivity contribution in [2.24, 2.45) is 0 Å². The first kappa shape index (κ1) is 17.7. The Hall–Kier alpha value is -1.31. The summed E-state index contributed by atoms with van der Waals surface area (Å²) in [4.78, 5) is 11.8. The maximum absolute atomic E-state index is 11.8. The molecule has 0 aliphatic rings. The minimum atomic E-state index is -3.39. The van der Waals surface area contributed by atoms with Gasteiger partial charge in [0, 0.05) is 18.2 Å². The van der Waals surface area contributed by atoms with Gasteiger partial charge in [-0.2, -0.15) is 0 Å². The lowest BCUT2D eigenvalue weighted by Crippen LogP contribution is -2.30. The predicted octanol–water partition coefficient (Wildman–Crippen LogP) is 2.04. The highest BCUT2D eigenvalue weighted by Gasteiger charge is 2.10.